The Morgan fingerprint density at radius 3 is 0.892 bits per heavy atom. The lowest BCUT2D eigenvalue weighted by Gasteiger charge is -2.25. The quantitative estimate of drug-likeness (QED) is 0.0211. The number of carbonyl (C=O) groups is 3. The van der Waals surface area contributed by atoms with Crippen molar-refractivity contribution < 1.29 is 42.9 Å². The summed E-state index contributed by atoms with van der Waals surface area (Å²) in [6.45, 7) is 4.96. The molecule has 0 aromatic heterocycles. The number of hydrogen-bond donors (Lipinski definition) is 1. The first-order chi connectivity index (χ1) is 40.6. The first-order valence-electron chi connectivity index (χ1n) is 36.9. The van der Waals surface area contributed by atoms with Crippen LogP contribution in [0.25, 0.3) is 0 Å². The lowest BCUT2D eigenvalue weighted by Crippen LogP contribution is -2.40. The van der Waals surface area contributed by atoms with E-state index in [2.05, 4.69) is 26.0 Å². The van der Waals surface area contributed by atoms with E-state index in [1.807, 2.05) is 21.1 Å². The molecule has 0 aromatic rings. The molecule has 0 heterocycles. The molecule has 0 spiro atoms. The van der Waals surface area contributed by atoms with Gasteiger partial charge in [0.05, 0.1) is 34.4 Å². The molecule has 1 N–H and O–H groups in total. The van der Waals surface area contributed by atoms with Gasteiger partial charge in [0, 0.05) is 12.8 Å². The molecule has 9 nitrogen and oxygen atoms in total. The molecule has 0 aliphatic carbocycles. The predicted octanol–water partition coefficient (Wildman–Crippen LogP) is 22.8. The molecule has 2 unspecified atom stereocenters. The zero-order valence-electron chi connectivity index (χ0n) is 56.4. The Labute approximate surface area is 516 Å². The lowest BCUT2D eigenvalue weighted by molar-refractivity contribution is -0.870. The number of hydrogen-bond acceptors (Lipinski definition) is 7. The Morgan fingerprint density at radius 2 is 0.614 bits per heavy atom. The van der Waals surface area contributed by atoms with Gasteiger partial charge in [-0.2, -0.15) is 0 Å². The second-order valence-electron chi connectivity index (χ2n) is 26.6. The van der Waals surface area contributed by atoms with Crippen molar-refractivity contribution in [1.29, 1.82) is 0 Å². The van der Waals surface area contributed by atoms with Crippen LogP contribution in [0.15, 0.2) is 12.2 Å². The first-order valence-corrected chi connectivity index (χ1v) is 36.9. The minimum atomic E-state index is -1.51. The van der Waals surface area contributed by atoms with E-state index in [4.69, 9.17) is 18.9 Å². The van der Waals surface area contributed by atoms with Gasteiger partial charge >= 0.3 is 17.9 Å². The highest BCUT2D eigenvalue weighted by Crippen LogP contribution is 2.20. The second-order valence-corrected chi connectivity index (χ2v) is 26.6. The maximum Gasteiger partial charge on any atom is 0.361 e. The maximum absolute atomic E-state index is 12.9. The Hall–Kier alpha value is -1.97. The van der Waals surface area contributed by atoms with Crippen molar-refractivity contribution in [3.05, 3.63) is 12.2 Å². The molecule has 0 bridgehead atoms. The number of likely N-dealkylation sites (N-methyl/N-ethyl adjacent to an activating group) is 1. The van der Waals surface area contributed by atoms with E-state index in [1.54, 1.807) is 0 Å². The van der Waals surface area contributed by atoms with Crippen molar-refractivity contribution in [3.8, 4) is 0 Å². The van der Waals surface area contributed by atoms with E-state index in [1.165, 1.54) is 321 Å². The molecule has 2 atom stereocenters. The molecular weight excluding hydrogens is 1030 g/mol. The molecular formula is C74H144NO8+. The third-order valence-electron chi connectivity index (χ3n) is 17.0. The van der Waals surface area contributed by atoms with E-state index in [0.717, 1.165) is 38.5 Å². The molecule has 0 fully saturated rings. The van der Waals surface area contributed by atoms with Crippen molar-refractivity contribution in [3.63, 3.8) is 0 Å². The van der Waals surface area contributed by atoms with Gasteiger partial charge in [0.25, 0.3) is 6.29 Å². The smallest absolute Gasteiger partial charge is 0.361 e. The Balaban J connectivity index is 4.00. The van der Waals surface area contributed by atoms with Crippen LogP contribution in [0.2, 0.25) is 0 Å². The van der Waals surface area contributed by atoms with Crippen molar-refractivity contribution in [1.82, 2.24) is 0 Å². The summed E-state index contributed by atoms with van der Waals surface area (Å²) in [6.07, 6.45) is 77.8. The third-order valence-corrected chi connectivity index (χ3v) is 17.0. The van der Waals surface area contributed by atoms with Gasteiger partial charge < -0.3 is 28.5 Å². The monoisotopic (exact) mass is 1180 g/mol. The number of unbranched alkanes of at least 4 members (excludes halogenated alkanes) is 53. The number of carbonyl (C=O) groups excluding carboxylic acids is 2. The summed E-state index contributed by atoms with van der Waals surface area (Å²) in [5.74, 6) is -1.97. The van der Waals surface area contributed by atoms with Crippen LogP contribution < -0.4 is 0 Å². The zero-order valence-corrected chi connectivity index (χ0v) is 56.4. The average molecular weight is 1180 g/mol. The summed E-state index contributed by atoms with van der Waals surface area (Å²) in [5.41, 5.74) is 0. The van der Waals surface area contributed by atoms with Gasteiger partial charge in [-0.05, 0) is 38.5 Å². The van der Waals surface area contributed by atoms with Crippen LogP contribution in [0.5, 0.6) is 0 Å². The van der Waals surface area contributed by atoms with Gasteiger partial charge in [-0.15, -0.1) is 0 Å². The fourth-order valence-corrected chi connectivity index (χ4v) is 11.4. The van der Waals surface area contributed by atoms with Crippen LogP contribution in [-0.4, -0.2) is 87.4 Å². The van der Waals surface area contributed by atoms with Crippen LogP contribution in [-0.2, 0) is 33.3 Å². The summed E-state index contributed by atoms with van der Waals surface area (Å²) in [4.78, 5) is 37.6. The number of carboxylic acid groups (broad SMARTS) is 1. The van der Waals surface area contributed by atoms with E-state index >= 15 is 0 Å². The first kappa shape index (κ1) is 81.0. The summed E-state index contributed by atoms with van der Waals surface area (Å²) in [6, 6.07) is 0. The number of ether oxygens (including phenoxy) is 4. The number of carboxylic acids is 1. The standard InChI is InChI=1S/C74H143NO8/c1-6-8-10-12-14-16-18-20-22-24-26-28-30-32-33-34-35-36-37-38-39-41-42-44-46-48-50-52-54-56-58-60-62-64-71(76)81-68-70(69-82-74(73(78)79)80-67-66-75(3,4)5)83-72(77)65-63-61-59-57-55-53-51-49-47-45-43-40-31-29-27-25-23-21-19-17-15-13-11-9-7-2/h25,27,70,74H,6-24,26,28-69H2,1-5H3/p+1/b27-25-. The zero-order chi connectivity index (χ0) is 60.5. The SMILES string of the molecule is CCCCCCCCCC/C=C\CCCCCCCCCCCCCCCC(=O)OC(COC(=O)CCCCCCCCCCCCCCCCCCCCCCCCCCCCCCCCCCC)COC(OCC[N+](C)(C)C)C(=O)O. The highest BCUT2D eigenvalue weighted by Gasteiger charge is 2.25. The van der Waals surface area contributed by atoms with E-state index in [9.17, 15) is 19.5 Å². The second kappa shape index (κ2) is 66.0. The normalized spacial score (nSPS) is 12.6. The van der Waals surface area contributed by atoms with Crippen molar-refractivity contribution >= 4 is 17.9 Å². The average Bonchev–Trinajstić information content (AvgIpc) is 3.46. The number of nitrogens with zero attached hydrogens (tertiary/aromatic N) is 1. The predicted molar refractivity (Wildman–Crippen MR) is 355 cm³/mol. The molecule has 492 valence electrons. The maximum atomic E-state index is 12.9. The van der Waals surface area contributed by atoms with Gasteiger partial charge in [-0.3, -0.25) is 9.59 Å². The Bertz CT molecular complexity index is 1370. The van der Waals surface area contributed by atoms with Gasteiger partial charge in [0.15, 0.2) is 6.10 Å². The number of aliphatic carboxylic acids is 1. The molecule has 0 saturated carbocycles. The highest BCUT2D eigenvalue weighted by atomic mass is 16.7. The number of quaternary nitrogens is 1. The van der Waals surface area contributed by atoms with Crippen LogP contribution in [0, 0.1) is 0 Å². The number of rotatable bonds is 70. The van der Waals surface area contributed by atoms with Gasteiger partial charge in [0.1, 0.15) is 13.2 Å². The topological polar surface area (TPSA) is 108 Å². The van der Waals surface area contributed by atoms with Crippen LogP contribution in [0.1, 0.15) is 386 Å². The van der Waals surface area contributed by atoms with Gasteiger partial charge in [0.2, 0.25) is 0 Å². The molecule has 0 aromatic carbocycles. The number of esters is 2. The van der Waals surface area contributed by atoms with Gasteiger partial charge in [-0.1, -0.05) is 347 Å². The number of allylic oxidation sites excluding steroid dienone is 2. The van der Waals surface area contributed by atoms with Crippen LogP contribution in [0.4, 0.5) is 0 Å². The largest absolute Gasteiger partial charge is 0.477 e. The summed E-state index contributed by atoms with van der Waals surface area (Å²) in [7, 11) is 5.99. The molecule has 0 aliphatic rings. The fraction of sp³-hybridized carbons (Fsp3) is 0.932. The molecule has 0 radical (unpaired) electrons. The minimum absolute atomic E-state index is 0.174. The van der Waals surface area contributed by atoms with Crippen LogP contribution >= 0.6 is 0 Å². The van der Waals surface area contributed by atoms with E-state index in [0.29, 0.717) is 17.4 Å². The Morgan fingerprint density at radius 1 is 0.349 bits per heavy atom. The molecule has 0 aliphatic heterocycles. The van der Waals surface area contributed by atoms with E-state index in [-0.39, 0.29) is 38.2 Å². The van der Waals surface area contributed by atoms with Crippen LogP contribution in [0.3, 0.4) is 0 Å². The van der Waals surface area contributed by atoms with Gasteiger partial charge in [-0.25, -0.2) is 4.79 Å². The van der Waals surface area contributed by atoms with Crippen molar-refractivity contribution in [2.75, 3.05) is 47.5 Å². The van der Waals surface area contributed by atoms with Crippen molar-refractivity contribution in [2.24, 2.45) is 0 Å². The third kappa shape index (κ3) is 67.4. The Kier molecular flexibility index (Phi) is 64.4. The molecule has 9 heteroatoms. The van der Waals surface area contributed by atoms with E-state index < -0.39 is 18.4 Å². The summed E-state index contributed by atoms with van der Waals surface area (Å²) < 4.78 is 23.0. The van der Waals surface area contributed by atoms with Crippen molar-refractivity contribution in [2.45, 2.75) is 399 Å². The molecule has 0 rings (SSSR count). The summed E-state index contributed by atoms with van der Waals surface area (Å²) in [5, 5.41) is 9.75. The molecule has 0 saturated heterocycles. The molecule has 83 heavy (non-hydrogen) atoms. The lowest BCUT2D eigenvalue weighted by atomic mass is 10.0. The minimum Gasteiger partial charge on any atom is -0.477 e. The summed E-state index contributed by atoms with van der Waals surface area (Å²) >= 11 is 0. The highest BCUT2D eigenvalue weighted by molar-refractivity contribution is 5.71. The molecule has 0 amide bonds. The fourth-order valence-electron chi connectivity index (χ4n) is 11.4.